The molecule has 1 amide bonds. The summed E-state index contributed by atoms with van der Waals surface area (Å²) in [6.45, 7) is 9.52. The molecule has 37 heavy (non-hydrogen) atoms. The van der Waals surface area contributed by atoms with E-state index in [2.05, 4.69) is 63.7 Å². The molecular weight excluding hydrogens is 464 g/mol. The lowest BCUT2D eigenvalue weighted by atomic mass is 10.1. The molecule has 1 saturated heterocycles. The van der Waals surface area contributed by atoms with Crippen molar-refractivity contribution in [2.75, 3.05) is 76.3 Å². The maximum atomic E-state index is 12.1. The van der Waals surface area contributed by atoms with Gasteiger partial charge in [-0.2, -0.15) is 9.97 Å². The summed E-state index contributed by atoms with van der Waals surface area (Å²) in [5.74, 6) is 0.940. The number of ether oxygens (including phenoxy) is 1. The van der Waals surface area contributed by atoms with Crippen LogP contribution in [0.4, 0.5) is 11.5 Å². The molecule has 0 atom stereocenters. The Hall–Kier alpha value is -3.65. The fourth-order valence-electron chi connectivity index (χ4n) is 5.20. The van der Waals surface area contributed by atoms with Gasteiger partial charge in [-0.3, -0.25) is 4.79 Å². The van der Waals surface area contributed by atoms with E-state index in [1.807, 2.05) is 19.0 Å². The van der Waals surface area contributed by atoms with Gasteiger partial charge < -0.3 is 24.3 Å². The first-order valence-electron chi connectivity index (χ1n) is 13.1. The average Bonchev–Trinajstić information content (AvgIpc) is 3.14. The van der Waals surface area contributed by atoms with Crippen LogP contribution in [-0.4, -0.2) is 92.2 Å². The van der Waals surface area contributed by atoms with Crippen LogP contribution in [0.15, 0.2) is 55.1 Å². The van der Waals surface area contributed by atoms with Crippen LogP contribution >= 0.6 is 0 Å². The lowest BCUT2D eigenvalue weighted by molar-refractivity contribution is -0.126. The molecule has 0 N–H and O–H groups in total. The van der Waals surface area contributed by atoms with Crippen molar-refractivity contribution in [1.29, 1.82) is 0 Å². The van der Waals surface area contributed by atoms with E-state index in [9.17, 15) is 4.79 Å². The number of hydrogen-bond acceptors (Lipinski definition) is 7. The Kier molecular flexibility index (Phi) is 7.55. The van der Waals surface area contributed by atoms with Gasteiger partial charge in [0.25, 0.3) is 0 Å². The van der Waals surface area contributed by atoms with Gasteiger partial charge in [-0.25, -0.2) is 0 Å². The summed E-state index contributed by atoms with van der Waals surface area (Å²) in [5.41, 5.74) is 3.53. The van der Waals surface area contributed by atoms with Crippen LogP contribution in [0.3, 0.4) is 0 Å². The molecule has 5 rings (SSSR count). The van der Waals surface area contributed by atoms with Crippen molar-refractivity contribution >= 4 is 28.2 Å². The Morgan fingerprint density at radius 3 is 2.51 bits per heavy atom. The molecule has 1 fully saturated rings. The van der Waals surface area contributed by atoms with Crippen LogP contribution in [0, 0.1) is 0 Å². The van der Waals surface area contributed by atoms with Gasteiger partial charge in [0, 0.05) is 68.9 Å². The van der Waals surface area contributed by atoms with Crippen LogP contribution in [0.25, 0.3) is 10.8 Å². The topological polar surface area (TPSA) is 65.0 Å². The second kappa shape index (κ2) is 11.2. The van der Waals surface area contributed by atoms with E-state index in [0.29, 0.717) is 25.7 Å². The Morgan fingerprint density at radius 1 is 0.973 bits per heavy atom. The first-order chi connectivity index (χ1) is 18.0. The lowest BCUT2D eigenvalue weighted by Gasteiger charge is -2.36. The number of carbonyl (C=O) groups excluding carboxylic acids is 1. The molecule has 0 radical (unpaired) electrons. The van der Waals surface area contributed by atoms with E-state index in [-0.39, 0.29) is 5.91 Å². The normalized spacial score (nSPS) is 16.0. The minimum absolute atomic E-state index is 0.0143. The molecule has 8 heteroatoms. The van der Waals surface area contributed by atoms with Crippen molar-refractivity contribution in [3.05, 3.63) is 66.4 Å². The molecule has 2 aliphatic rings. The number of hydrogen-bond donors (Lipinski definition) is 0. The second-order valence-corrected chi connectivity index (χ2v) is 9.91. The molecule has 3 heterocycles. The number of carbonyl (C=O) groups is 1. The molecule has 0 aliphatic carbocycles. The highest BCUT2D eigenvalue weighted by atomic mass is 16.5. The summed E-state index contributed by atoms with van der Waals surface area (Å²) in [5, 5.41) is 2.53. The van der Waals surface area contributed by atoms with Crippen molar-refractivity contribution in [2.45, 2.75) is 12.8 Å². The third kappa shape index (κ3) is 5.54. The van der Waals surface area contributed by atoms with Crippen LogP contribution in [0.5, 0.6) is 6.01 Å². The maximum absolute atomic E-state index is 12.1. The zero-order valence-electron chi connectivity index (χ0n) is 21.9. The van der Waals surface area contributed by atoms with Gasteiger partial charge in [-0.1, -0.05) is 43.0 Å². The first-order valence-corrected chi connectivity index (χ1v) is 13.1. The number of rotatable bonds is 7. The largest absolute Gasteiger partial charge is 0.462 e. The fraction of sp³-hybridized carbons (Fsp3) is 0.414. The predicted molar refractivity (Wildman–Crippen MR) is 149 cm³/mol. The van der Waals surface area contributed by atoms with E-state index in [4.69, 9.17) is 14.7 Å². The van der Waals surface area contributed by atoms with Gasteiger partial charge in [0.2, 0.25) is 5.91 Å². The number of nitrogens with zero attached hydrogens (tertiary/aromatic N) is 6. The second-order valence-electron chi connectivity index (χ2n) is 9.91. The molecule has 2 aromatic carbocycles. The van der Waals surface area contributed by atoms with Gasteiger partial charge in [0.15, 0.2) is 0 Å². The summed E-state index contributed by atoms with van der Waals surface area (Å²) in [6.07, 6.45) is 3.08. The minimum atomic E-state index is -0.0143. The van der Waals surface area contributed by atoms with Crippen LogP contribution in [0.2, 0.25) is 0 Å². The fourth-order valence-corrected chi connectivity index (χ4v) is 5.20. The monoisotopic (exact) mass is 500 g/mol. The third-order valence-corrected chi connectivity index (χ3v) is 7.24. The quantitative estimate of drug-likeness (QED) is 0.462. The van der Waals surface area contributed by atoms with Crippen molar-refractivity contribution in [3.8, 4) is 6.01 Å². The summed E-state index contributed by atoms with van der Waals surface area (Å²) in [7, 11) is 4.05. The Labute approximate surface area is 219 Å². The van der Waals surface area contributed by atoms with Gasteiger partial charge in [-0.15, -0.1) is 0 Å². The van der Waals surface area contributed by atoms with Crippen LogP contribution in [0.1, 0.15) is 11.3 Å². The van der Waals surface area contributed by atoms with Gasteiger partial charge >= 0.3 is 6.01 Å². The molecule has 1 aromatic heterocycles. The van der Waals surface area contributed by atoms with E-state index in [0.717, 1.165) is 57.1 Å². The summed E-state index contributed by atoms with van der Waals surface area (Å²) >= 11 is 0. The van der Waals surface area contributed by atoms with Gasteiger partial charge in [-0.05, 0) is 38.0 Å². The first kappa shape index (κ1) is 25.0. The van der Waals surface area contributed by atoms with Crippen molar-refractivity contribution in [3.63, 3.8) is 0 Å². The number of anilines is 2. The number of aromatic nitrogens is 2. The lowest BCUT2D eigenvalue weighted by Crippen LogP contribution is -2.49. The van der Waals surface area contributed by atoms with Crippen molar-refractivity contribution in [2.24, 2.45) is 0 Å². The summed E-state index contributed by atoms with van der Waals surface area (Å²) < 4.78 is 6.02. The molecule has 0 spiro atoms. The van der Waals surface area contributed by atoms with E-state index < -0.39 is 0 Å². The highest BCUT2D eigenvalue weighted by Gasteiger charge is 2.27. The smallest absolute Gasteiger partial charge is 0.318 e. The van der Waals surface area contributed by atoms with Crippen molar-refractivity contribution in [1.82, 2.24) is 19.8 Å². The van der Waals surface area contributed by atoms with Crippen molar-refractivity contribution < 1.29 is 9.53 Å². The maximum Gasteiger partial charge on any atom is 0.318 e. The predicted octanol–water partition coefficient (Wildman–Crippen LogP) is 3.01. The summed E-state index contributed by atoms with van der Waals surface area (Å²) in [4.78, 5) is 30.6. The number of benzene rings is 2. The number of fused-ring (bicyclic) bond motifs is 2. The zero-order chi connectivity index (χ0) is 25.8. The highest BCUT2D eigenvalue weighted by Crippen LogP contribution is 2.32. The van der Waals surface area contributed by atoms with E-state index in [1.165, 1.54) is 28.1 Å². The van der Waals surface area contributed by atoms with Gasteiger partial charge in [0.1, 0.15) is 12.4 Å². The average molecular weight is 501 g/mol. The van der Waals surface area contributed by atoms with E-state index >= 15 is 0 Å². The molecular formula is C29H36N6O2. The van der Waals surface area contributed by atoms with Crippen LogP contribution < -0.4 is 14.5 Å². The Bertz CT molecular complexity index is 1260. The number of likely N-dealkylation sites (N-methyl/N-ethyl adjacent to an activating group) is 1. The van der Waals surface area contributed by atoms with Gasteiger partial charge in [0.05, 0.1) is 5.69 Å². The zero-order valence-corrected chi connectivity index (χ0v) is 21.9. The highest BCUT2D eigenvalue weighted by molar-refractivity contribution is 5.94. The molecule has 3 aromatic rings. The minimum Gasteiger partial charge on any atom is -0.462 e. The van der Waals surface area contributed by atoms with Crippen LogP contribution in [-0.2, 0) is 17.6 Å². The Balaban J connectivity index is 1.42. The Morgan fingerprint density at radius 2 is 1.73 bits per heavy atom. The molecule has 0 bridgehead atoms. The molecule has 8 nitrogen and oxygen atoms in total. The third-order valence-electron chi connectivity index (χ3n) is 7.24. The molecule has 194 valence electrons. The molecule has 0 unspecified atom stereocenters. The van der Waals surface area contributed by atoms with E-state index in [1.54, 1.807) is 0 Å². The number of piperazine rings is 1. The molecule has 2 aliphatic heterocycles. The standard InChI is InChI=1S/C29H36N6O2/c1-4-27(36)34-16-18-35(19-17-34)28-24-12-14-33(26-11-7-9-22-8-5-6-10-23(22)26)15-13-25(24)30-29(31-28)37-21-20-32(2)3/h4-11H,1,12-21H2,2-3H3. The summed E-state index contributed by atoms with van der Waals surface area (Å²) in [6, 6.07) is 15.5. The number of amides is 1. The molecule has 0 saturated carbocycles. The SMILES string of the molecule is C=CC(=O)N1CCN(c2nc(OCCN(C)C)nc3c2CCN(c2cccc4ccccc24)CC3)CC1.